The van der Waals surface area contributed by atoms with E-state index in [1.165, 1.54) is 0 Å². The number of hydrogen-bond donors (Lipinski definition) is 2. The van der Waals surface area contributed by atoms with E-state index in [9.17, 15) is 9.59 Å². The number of carbonyl (C=O) groups is 2. The van der Waals surface area contributed by atoms with Crippen LogP contribution < -0.4 is 5.32 Å². The van der Waals surface area contributed by atoms with Crippen LogP contribution in [0, 0.1) is 5.92 Å². The van der Waals surface area contributed by atoms with Crippen molar-refractivity contribution in [1.29, 1.82) is 0 Å². The van der Waals surface area contributed by atoms with Gasteiger partial charge in [0.1, 0.15) is 0 Å². The second-order valence-electron chi connectivity index (χ2n) is 4.25. The maximum absolute atomic E-state index is 11.7. The fraction of sp³-hybridized carbons (Fsp3) is 0.385. The molecule has 4 nitrogen and oxygen atoms in total. The van der Waals surface area contributed by atoms with Crippen LogP contribution in [-0.4, -0.2) is 23.5 Å². The first-order valence-corrected chi connectivity index (χ1v) is 6.12. The average molecular weight is 270 g/mol. The van der Waals surface area contributed by atoms with Crippen molar-refractivity contribution < 1.29 is 14.7 Å². The molecule has 0 aromatic heterocycles. The lowest BCUT2D eigenvalue weighted by Gasteiger charge is -2.11. The molecule has 0 aliphatic rings. The van der Waals surface area contributed by atoms with Crippen molar-refractivity contribution in [2.75, 3.05) is 6.54 Å². The summed E-state index contributed by atoms with van der Waals surface area (Å²) < 4.78 is 0. The number of nitrogens with one attached hydrogen (secondary N) is 1. The van der Waals surface area contributed by atoms with Crippen LogP contribution >= 0.6 is 11.6 Å². The molecule has 1 amide bonds. The normalized spacial score (nSPS) is 11.9. The van der Waals surface area contributed by atoms with Gasteiger partial charge in [-0.15, -0.1) is 0 Å². The van der Waals surface area contributed by atoms with Crippen LogP contribution in [0.3, 0.4) is 0 Å². The Hall–Kier alpha value is -1.55. The zero-order valence-corrected chi connectivity index (χ0v) is 10.9. The minimum atomic E-state index is -0.814. The molecular formula is C13H16ClNO3. The molecule has 0 heterocycles. The molecule has 18 heavy (non-hydrogen) atoms. The fourth-order valence-electron chi connectivity index (χ4n) is 1.44. The molecule has 0 bridgehead atoms. The lowest BCUT2D eigenvalue weighted by atomic mass is 10.1. The van der Waals surface area contributed by atoms with Gasteiger partial charge in [0.25, 0.3) is 5.91 Å². The highest BCUT2D eigenvalue weighted by Gasteiger charge is 2.09. The Labute approximate surface area is 111 Å². The number of rotatable bonds is 6. The maximum atomic E-state index is 11.7. The summed E-state index contributed by atoms with van der Waals surface area (Å²) in [5.41, 5.74) is 0.546. The van der Waals surface area contributed by atoms with Crippen molar-refractivity contribution in [3.8, 4) is 0 Å². The molecule has 5 heteroatoms. The number of hydrogen-bond acceptors (Lipinski definition) is 2. The monoisotopic (exact) mass is 269 g/mol. The summed E-state index contributed by atoms with van der Waals surface area (Å²) in [6.07, 6.45) is 0.675. The quantitative estimate of drug-likeness (QED) is 0.834. The number of amides is 1. The van der Waals surface area contributed by atoms with Gasteiger partial charge in [-0.25, -0.2) is 0 Å². The summed E-state index contributed by atoms with van der Waals surface area (Å²) in [4.78, 5) is 22.1. The third-order valence-corrected chi connectivity index (χ3v) is 2.82. The number of benzene rings is 1. The molecule has 1 aromatic rings. The molecule has 1 atom stereocenters. The Morgan fingerprint density at radius 2 is 1.94 bits per heavy atom. The van der Waals surface area contributed by atoms with Crippen molar-refractivity contribution in [3.63, 3.8) is 0 Å². The topological polar surface area (TPSA) is 66.4 Å². The van der Waals surface area contributed by atoms with Crippen LogP contribution in [0.15, 0.2) is 24.3 Å². The minimum Gasteiger partial charge on any atom is -0.481 e. The van der Waals surface area contributed by atoms with E-state index in [2.05, 4.69) is 5.32 Å². The standard InChI is InChI=1S/C13H16ClNO3/c1-9(2-7-12(16)17)8-15-13(18)10-3-5-11(14)6-4-10/h3-6,9H,2,7-8H2,1H3,(H,15,18)(H,16,17). The highest BCUT2D eigenvalue weighted by atomic mass is 35.5. The van der Waals surface area contributed by atoms with Gasteiger partial charge in [0.2, 0.25) is 0 Å². The first kappa shape index (κ1) is 14.5. The number of carboxylic acid groups (broad SMARTS) is 1. The Kier molecular flexibility index (Phi) is 5.65. The molecule has 0 spiro atoms. The van der Waals surface area contributed by atoms with Crippen molar-refractivity contribution in [1.82, 2.24) is 5.32 Å². The van der Waals surface area contributed by atoms with E-state index in [-0.39, 0.29) is 18.2 Å². The first-order valence-electron chi connectivity index (χ1n) is 5.74. The van der Waals surface area contributed by atoms with Gasteiger partial charge in [-0.1, -0.05) is 18.5 Å². The Morgan fingerprint density at radius 1 is 1.33 bits per heavy atom. The van der Waals surface area contributed by atoms with Crippen LogP contribution in [0.2, 0.25) is 5.02 Å². The third-order valence-electron chi connectivity index (χ3n) is 2.57. The Morgan fingerprint density at radius 3 is 2.50 bits per heavy atom. The van der Waals surface area contributed by atoms with E-state index < -0.39 is 5.97 Å². The largest absolute Gasteiger partial charge is 0.481 e. The van der Waals surface area contributed by atoms with E-state index in [4.69, 9.17) is 16.7 Å². The van der Waals surface area contributed by atoms with Crippen LogP contribution in [0.4, 0.5) is 0 Å². The first-order chi connectivity index (χ1) is 8.49. The lowest BCUT2D eigenvalue weighted by Crippen LogP contribution is -2.28. The van der Waals surface area contributed by atoms with Crippen molar-refractivity contribution in [3.05, 3.63) is 34.9 Å². The molecule has 1 aromatic carbocycles. The van der Waals surface area contributed by atoms with E-state index in [0.29, 0.717) is 23.6 Å². The van der Waals surface area contributed by atoms with Crippen LogP contribution in [0.5, 0.6) is 0 Å². The summed E-state index contributed by atoms with van der Waals surface area (Å²) in [5.74, 6) is -0.850. The van der Waals surface area contributed by atoms with Crippen molar-refractivity contribution in [2.45, 2.75) is 19.8 Å². The maximum Gasteiger partial charge on any atom is 0.303 e. The lowest BCUT2D eigenvalue weighted by molar-refractivity contribution is -0.137. The molecular weight excluding hydrogens is 254 g/mol. The predicted octanol–water partition coefficient (Wildman–Crippen LogP) is 2.57. The SMILES string of the molecule is CC(CCC(=O)O)CNC(=O)c1ccc(Cl)cc1. The van der Waals surface area contributed by atoms with Gasteiger partial charge in [-0.2, -0.15) is 0 Å². The molecule has 0 aliphatic heterocycles. The zero-order chi connectivity index (χ0) is 13.5. The third kappa shape index (κ3) is 5.19. The van der Waals surface area contributed by atoms with Gasteiger partial charge in [0.05, 0.1) is 0 Å². The molecule has 1 unspecified atom stereocenters. The number of aliphatic carboxylic acids is 1. The van der Waals surface area contributed by atoms with Gasteiger partial charge in [-0.3, -0.25) is 9.59 Å². The van der Waals surface area contributed by atoms with E-state index in [0.717, 1.165) is 0 Å². The second kappa shape index (κ2) is 7.01. The van der Waals surface area contributed by atoms with E-state index >= 15 is 0 Å². The summed E-state index contributed by atoms with van der Waals surface area (Å²) in [6, 6.07) is 6.62. The molecule has 0 aliphatic carbocycles. The highest BCUT2D eigenvalue weighted by molar-refractivity contribution is 6.30. The van der Waals surface area contributed by atoms with E-state index in [1.54, 1.807) is 24.3 Å². The molecule has 98 valence electrons. The summed E-state index contributed by atoms with van der Waals surface area (Å²) >= 11 is 5.73. The van der Waals surface area contributed by atoms with Crippen LogP contribution in [-0.2, 0) is 4.79 Å². The van der Waals surface area contributed by atoms with Crippen LogP contribution in [0.25, 0.3) is 0 Å². The van der Waals surface area contributed by atoms with Crippen molar-refractivity contribution >= 4 is 23.5 Å². The second-order valence-corrected chi connectivity index (χ2v) is 4.69. The van der Waals surface area contributed by atoms with Gasteiger partial charge < -0.3 is 10.4 Å². The number of carbonyl (C=O) groups excluding carboxylic acids is 1. The zero-order valence-electron chi connectivity index (χ0n) is 10.1. The Balaban J connectivity index is 2.36. The smallest absolute Gasteiger partial charge is 0.303 e. The van der Waals surface area contributed by atoms with Crippen molar-refractivity contribution in [2.24, 2.45) is 5.92 Å². The van der Waals surface area contributed by atoms with Crippen LogP contribution in [0.1, 0.15) is 30.1 Å². The molecule has 1 rings (SSSR count). The molecule has 2 N–H and O–H groups in total. The summed E-state index contributed by atoms with van der Waals surface area (Å²) in [6.45, 7) is 2.37. The van der Waals surface area contributed by atoms with Gasteiger partial charge in [0.15, 0.2) is 0 Å². The Bertz CT molecular complexity index is 417. The number of carboxylic acids is 1. The highest BCUT2D eigenvalue weighted by Crippen LogP contribution is 2.10. The molecule has 0 saturated carbocycles. The van der Waals surface area contributed by atoms with Gasteiger partial charge in [-0.05, 0) is 36.6 Å². The minimum absolute atomic E-state index is 0.123. The summed E-state index contributed by atoms with van der Waals surface area (Å²) in [5, 5.41) is 11.9. The fourth-order valence-corrected chi connectivity index (χ4v) is 1.57. The molecule has 0 fully saturated rings. The predicted molar refractivity (Wildman–Crippen MR) is 69.8 cm³/mol. The van der Waals surface area contributed by atoms with Gasteiger partial charge in [0, 0.05) is 23.6 Å². The van der Waals surface area contributed by atoms with Gasteiger partial charge >= 0.3 is 5.97 Å². The molecule has 0 saturated heterocycles. The van der Waals surface area contributed by atoms with E-state index in [1.807, 2.05) is 6.92 Å². The average Bonchev–Trinajstić information content (AvgIpc) is 2.34. The summed E-state index contributed by atoms with van der Waals surface area (Å²) in [7, 11) is 0. The molecule has 0 radical (unpaired) electrons. The number of halogens is 1.